The molecule has 0 aliphatic carbocycles. The summed E-state index contributed by atoms with van der Waals surface area (Å²) in [7, 11) is -6.74. The monoisotopic (exact) mass is 261 g/mol. The molecule has 0 aliphatic rings. The minimum Gasteiger partial charge on any atom is -0.854 e. The fraction of sp³-hybridized carbons (Fsp3) is 0. The molecule has 0 atom stereocenters. The summed E-state index contributed by atoms with van der Waals surface area (Å²) in [5.74, 6) is 0. The van der Waals surface area contributed by atoms with E-state index in [9.17, 15) is 0 Å². The largest absolute Gasteiger partial charge is 6.00 e. The van der Waals surface area contributed by atoms with Gasteiger partial charge in [-0.25, -0.2) is 0 Å². The van der Waals surface area contributed by atoms with Gasteiger partial charge in [-0.05, 0) is 0 Å². The summed E-state index contributed by atoms with van der Waals surface area (Å²) in [4.78, 5) is 50.9. The Morgan fingerprint density at radius 3 is 0.556 bits per heavy atom. The van der Waals surface area contributed by atoms with Crippen LogP contribution in [0.3, 0.4) is 0 Å². The van der Waals surface area contributed by atoms with Crippen molar-refractivity contribution >= 4 is 17.2 Å². The van der Waals surface area contributed by atoms with Gasteiger partial charge < -0.3 is 46.6 Å². The zero-order chi connectivity index (χ0) is 7.15. The molecular formula is O6P2Rh. The van der Waals surface area contributed by atoms with Crippen LogP contribution in [-0.2, 0) is 19.5 Å². The van der Waals surface area contributed by atoms with Crippen LogP contribution in [0.15, 0.2) is 0 Å². The van der Waals surface area contributed by atoms with Gasteiger partial charge in [0.25, 0.3) is 0 Å². The fourth-order valence-corrected chi connectivity index (χ4v) is 0. The van der Waals surface area contributed by atoms with Crippen LogP contribution in [-0.4, -0.2) is 0 Å². The van der Waals surface area contributed by atoms with Crippen molar-refractivity contribution in [2.45, 2.75) is 0 Å². The molecule has 0 fully saturated rings. The summed E-state index contributed by atoms with van der Waals surface area (Å²) in [6.07, 6.45) is 0. The first-order valence-corrected chi connectivity index (χ1v) is 3.29. The van der Waals surface area contributed by atoms with E-state index >= 15 is 0 Å². The van der Waals surface area contributed by atoms with Crippen molar-refractivity contribution in [1.82, 2.24) is 0 Å². The Morgan fingerprint density at radius 1 is 0.556 bits per heavy atom. The molecule has 0 unspecified atom stereocenters. The molecule has 0 saturated heterocycles. The quantitative estimate of drug-likeness (QED) is 0.315. The summed E-state index contributed by atoms with van der Waals surface area (Å²) < 4.78 is 0. The van der Waals surface area contributed by atoms with Gasteiger partial charge in [0.15, 0.2) is 0 Å². The van der Waals surface area contributed by atoms with Crippen LogP contribution in [0.2, 0.25) is 0 Å². The Kier molecular flexibility index (Phi) is 22.2. The van der Waals surface area contributed by atoms with Crippen LogP contribution >= 0.6 is 17.2 Å². The number of rotatable bonds is 0. The summed E-state index contributed by atoms with van der Waals surface area (Å²) in [6.45, 7) is 0. The molecule has 6 nitrogen and oxygen atoms in total. The molecule has 0 heterocycles. The van der Waals surface area contributed by atoms with Gasteiger partial charge in [-0.2, -0.15) is 0 Å². The second-order valence-corrected chi connectivity index (χ2v) is 1.34. The third-order valence-corrected chi connectivity index (χ3v) is 0. The van der Waals surface area contributed by atoms with Crippen LogP contribution in [0.5, 0.6) is 0 Å². The Morgan fingerprint density at radius 2 is 0.556 bits per heavy atom. The predicted molar refractivity (Wildman–Crippen MR) is 13.8 cm³/mol. The molecule has 0 spiro atoms. The average molecular weight is 261 g/mol. The molecule has 55 valence electrons. The Balaban J connectivity index is -0.0000000720. The first-order valence-electron chi connectivity index (χ1n) is 1.10. The van der Waals surface area contributed by atoms with Gasteiger partial charge in [0.05, 0.1) is 0 Å². The van der Waals surface area contributed by atoms with E-state index in [4.69, 9.17) is 29.4 Å². The van der Waals surface area contributed by atoms with Gasteiger partial charge in [0, 0.05) is 0 Å². The van der Waals surface area contributed by atoms with E-state index in [0.29, 0.717) is 0 Å². The van der Waals surface area contributed by atoms with Gasteiger partial charge in [0.1, 0.15) is 0 Å². The second-order valence-electron chi connectivity index (χ2n) is 0.447. The Labute approximate surface area is 66.5 Å². The molecule has 0 saturated carbocycles. The van der Waals surface area contributed by atoms with Gasteiger partial charge in [0.2, 0.25) is 0 Å². The van der Waals surface area contributed by atoms with E-state index in [1.165, 1.54) is 0 Å². The zero-order valence-corrected chi connectivity index (χ0v) is 7.10. The van der Waals surface area contributed by atoms with Crippen molar-refractivity contribution < 1.29 is 48.8 Å². The predicted octanol–water partition coefficient (Wildman–Crippen LogP) is -5.41. The molecular weight excluding hydrogens is 261 g/mol. The minimum absolute atomic E-state index is 0. The zero-order valence-electron chi connectivity index (χ0n) is 3.68. The molecule has 0 amide bonds. The van der Waals surface area contributed by atoms with Crippen LogP contribution < -0.4 is 29.4 Å². The van der Waals surface area contributed by atoms with E-state index in [1.807, 2.05) is 0 Å². The molecule has 0 aliphatic heterocycles. The fourth-order valence-electron chi connectivity index (χ4n) is 0. The summed E-state index contributed by atoms with van der Waals surface area (Å²) >= 11 is 0. The molecule has 9 heteroatoms. The molecule has 0 bridgehead atoms. The maximum Gasteiger partial charge on any atom is 6.00 e. The Bertz CT molecular complexity index is 26.5. The Hall–Kier alpha value is 1.24. The molecule has 0 rings (SSSR count). The van der Waals surface area contributed by atoms with Crippen LogP contribution in [0.25, 0.3) is 0 Å². The smallest absolute Gasteiger partial charge is 0.854 e. The second kappa shape index (κ2) is 12.0. The molecule has 9 heavy (non-hydrogen) atoms. The third-order valence-electron chi connectivity index (χ3n) is 0. The summed E-state index contributed by atoms with van der Waals surface area (Å²) in [6, 6.07) is 0. The first-order chi connectivity index (χ1) is 3.46. The average Bonchev–Trinajstić information content (AvgIpc) is 1.25. The van der Waals surface area contributed by atoms with E-state index < -0.39 is 17.2 Å². The standard InChI is InChI=1S/2O3P.Rh/c2*1-4(2)3;/q2*-3;+6. The molecule has 0 aromatic heterocycles. The summed E-state index contributed by atoms with van der Waals surface area (Å²) in [5.41, 5.74) is 0. The van der Waals surface area contributed by atoms with Crippen molar-refractivity contribution in [1.29, 1.82) is 0 Å². The molecule has 0 aromatic rings. The third kappa shape index (κ3) is 314. The molecule has 0 aromatic carbocycles. The van der Waals surface area contributed by atoms with Crippen molar-refractivity contribution in [2.24, 2.45) is 0 Å². The van der Waals surface area contributed by atoms with Crippen LogP contribution in [0.4, 0.5) is 0 Å². The number of hydrogen-bond donors (Lipinski definition) is 0. The van der Waals surface area contributed by atoms with Crippen LogP contribution in [0.1, 0.15) is 0 Å². The van der Waals surface area contributed by atoms with Crippen molar-refractivity contribution in [3.05, 3.63) is 0 Å². The topological polar surface area (TPSA) is 138 Å². The van der Waals surface area contributed by atoms with E-state index in [0.717, 1.165) is 0 Å². The van der Waals surface area contributed by atoms with Gasteiger partial charge >= 0.3 is 19.5 Å². The van der Waals surface area contributed by atoms with Crippen molar-refractivity contribution in [3.63, 3.8) is 0 Å². The maximum atomic E-state index is 8.48. The van der Waals surface area contributed by atoms with Gasteiger partial charge in [-0.1, -0.05) is 0 Å². The van der Waals surface area contributed by atoms with E-state index in [-0.39, 0.29) is 19.5 Å². The van der Waals surface area contributed by atoms with Crippen molar-refractivity contribution in [2.75, 3.05) is 0 Å². The molecule has 1 radical (unpaired) electrons. The SMILES string of the molecule is [O-]P([O-])[O-].[O-]P([O-])[O-].[Rh+6]. The minimum atomic E-state index is -3.37. The van der Waals surface area contributed by atoms with Gasteiger partial charge in [-0.15, -0.1) is 0 Å². The normalized spacial score (nSPS) is 8.00. The molecule has 0 N–H and O–H groups in total. The van der Waals surface area contributed by atoms with Crippen LogP contribution in [0, 0.1) is 0 Å². The van der Waals surface area contributed by atoms with E-state index in [2.05, 4.69) is 0 Å². The van der Waals surface area contributed by atoms with E-state index in [1.54, 1.807) is 0 Å². The van der Waals surface area contributed by atoms with Gasteiger partial charge in [-0.3, -0.25) is 0 Å². The summed E-state index contributed by atoms with van der Waals surface area (Å²) in [5, 5.41) is 0. The van der Waals surface area contributed by atoms with Crippen molar-refractivity contribution in [3.8, 4) is 0 Å². The maximum absolute atomic E-state index is 8.48. The first kappa shape index (κ1) is 16.7. The number of hydrogen-bond acceptors (Lipinski definition) is 6.